The number of aliphatic imine (C=N–C) groups is 1. The first-order chi connectivity index (χ1) is 11.6. The van der Waals surface area contributed by atoms with Crippen LogP contribution in [-0.2, 0) is 11.2 Å². The molecule has 0 aromatic carbocycles. The summed E-state index contributed by atoms with van der Waals surface area (Å²) in [5.74, 6) is 1.79. The van der Waals surface area contributed by atoms with Gasteiger partial charge in [0.25, 0.3) is 0 Å². The maximum atomic E-state index is 5.92. The number of halogens is 1. The van der Waals surface area contributed by atoms with E-state index in [4.69, 9.17) is 9.26 Å². The summed E-state index contributed by atoms with van der Waals surface area (Å²) >= 11 is 0. The van der Waals surface area contributed by atoms with Crippen molar-refractivity contribution in [2.75, 3.05) is 20.2 Å². The van der Waals surface area contributed by atoms with E-state index < -0.39 is 0 Å². The van der Waals surface area contributed by atoms with Crippen LogP contribution < -0.4 is 10.6 Å². The molecule has 1 spiro atoms. The van der Waals surface area contributed by atoms with Crippen LogP contribution in [0.2, 0.25) is 0 Å². The molecule has 1 aromatic rings. The Morgan fingerprint density at radius 1 is 1.40 bits per heavy atom. The lowest BCUT2D eigenvalue weighted by atomic mass is 9.51. The van der Waals surface area contributed by atoms with Crippen LogP contribution in [0.1, 0.15) is 49.6 Å². The molecule has 1 heterocycles. The lowest BCUT2D eigenvalue weighted by Crippen LogP contribution is -2.68. The van der Waals surface area contributed by atoms with Gasteiger partial charge in [-0.15, -0.1) is 24.0 Å². The van der Waals surface area contributed by atoms with E-state index in [0.717, 1.165) is 43.4 Å². The molecular weight excluding hydrogens is 431 g/mol. The highest BCUT2D eigenvalue weighted by atomic mass is 127. The van der Waals surface area contributed by atoms with E-state index in [-0.39, 0.29) is 24.0 Å². The van der Waals surface area contributed by atoms with Gasteiger partial charge in [0.15, 0.2) is 5.96 Å². The zero-order valence-electron chi connectivity index (χ0n) is 15.7. The molecule has 25 heavy (non-hydrogen) atoms. The largest absolute Gasteiger partial charge is 0.378 e. The van der Waals surface area contributed by atoms with Gasteiger partial charge in [0, 0.05) is 37.2 Å². The van der Waals surface area contributed by atoms with E-state index in [1.807, 2.05) is 20.9 Å². The van der Waals surface area contributed by atoms with E-state index in [2.05, 4.69) is 27.7 Å². The minimum Gasteiger partial charge on any atom is -0.378 e. The highest BCUT2D eigenvalue weighted by Gasteiger charge is 2.59. The second-order valence-corrected chi connectivity index (χ2v) is 7.02. The highest BCUT2D eigenvalue weighted by molar-refractivity contribution is 14.0. The highest BCUT2D eigenvalue weighted by Crippen LogP contribution is 2.57. The number of ether oxygens (including phenoxy) is 1. The third-order valence-corrected chi connectivity index (χ3v) is 5.82. The van der Waals surface area contributed by atoms with Gasteiger partial charge in [-0.3, -0.25) is 4.99 Å². The molecule has 2 unspecified atom stereocenters. The van der Waals surface area contributed by atoms with Gasteiger partial charge in [-0.05, 0) is 46.5 Å². The summed E-state index contributed by atoms with van der Waals surface area (Å²) in [6, 6.07) is 0.480. The Morgan fingerprint density at radius 2 is 2.16 bits per heavy atom. The van der Waals surface area contributed by atoms with Crippen molar-refractivity contribution < 1.29 is 9.26 Å². The minimum absolute atomic E-state index is 0. The van der Waals surface area contributed by atoms with Gasteiger partial charge in [0.2, 0.25) is 0 Å². The van der Waals surface area contributed by atoms with Crippen LogP contribution in [0, 0.1) is 19.3 Å². The number of hydrogen-bond acceptors (Lipinski definition) is 4. The van der Waals surface area contributed by atoms with Crippen molar-refractivity contribution in [2.24, 2.45) is 10.4 Å². The molecule has 2 fully saturated rings. The van der Waals surface area contributed by atoms with Crippen LogP contribution >= 0.6 is 24.0 Å². The fourth-order valence-corrected chi connectivity index (χ4v) is 4.17. The molecular formula is C18H31IN4O2. The van der Waals surface area contributed by atoms with E-state index >= 15 is 0 Å². The summed E-state index contributed by atoms with van der Waals surface area (Å²) in [6.45, 7) is 7.66. The third-order valence-electron chi connectivity index (χ3n) is 5.82. The third kappa shape index (κ3) is 3.97. The number of rotatable bonds is 6. The van der Waals surface area contributed by atoms with Crippen LogP contribution in [0.3, 0.4) is 0 Å². The van der Waals surface area contributed by atoms with Crippen molar-refractivity contribution >= 4 is 29.9 Å². The van der Waals surface area contributed by atoms with Gasteiger partial charge in [0.1, 0.15) is 5.76 Å². The number of nitrogens with zero attached hydrogens (tertiary/aromatic N) is 2. The van der Waals surface area contributed by atoms with Gasteiger partial charge in [-0.2, -0.15) is 0 Å². The van der Waals surface area contributed by atoms with Crippen LogP contribution in [0.4, 0.5) is 0 Å². The lowest BCUT2D eigenvalue weighted by Gasteiger charge is -2.61. The number of aromatic nitrogens is 1. The molecule has 2 aliphatic carbocycles. The van der Waals surface area contributed by atoms with Crippen molar-refractivity contribution in [1.29, 1.82) is 0 Å². The standard InChI is InChI=1S/C18H30N4O2.HI/c1-5-23-16-11-15(18(16)8-6-9-18)21-17(19-4)20-10-7-14-12(2)22-24-13(14)3;/h15-16H,5-11H2,1-4H3,(H2,19,20,21);1H. The Morgan fingerprint density at radius 3 is 2.68 bits per heavy atom. The topological polar surface area (TPSA) is 71.7 Å². The van der Waals surface area contributed by atoms with Crippen LogP contribution in [0.25, 0.3) is 0 Å². The number of nitrogens with one attached hydrogen (secondary N) is 2. The molecule has 3 rings (SSSR count). The number of guanidine groups is 1. The monoisotopic (exact) mass is 462 g/mol. The average Bonchev–Trinajstić information content (AvgIpc) is 2.82. The van der Waals surface area contributed by atoms with Crippen LogP contribution in [0.15, 0.2) is 9.52 Å². The second kappa shape index (κ2) is 8.70. The predicted octanol–water partition coefficient (Wildman–Crippen LogP) is 2.96. The molecule has 0 aliphatic heterocycles. The lowest BCUT2D eigenvalue weighted by molar-refractivity contribution is -0.168. The molecule has 142 valence electrons. The molecule has 2 atom stereocenters. The van der Waals surface area contributed by atoms with E-state index in [9.17, 15) is 0 Å². The first-order valence-electron chi connectivity index (χ1n) is 9.11. The van der Waals surface area contributed by atoms with Crippen molar-refractivity contribution in [3.63, 3.8) is 0 Å². The number of hydrogen-bond donors (Lipinski definition) is 2. The van der Waals surface area contributed by atoms with Crippen LogP contribution in [-0.4, -0.2) is 43.5 Å². The molecule has 7 heteroatoms. The Kier molecular flexibility index (Phi) is 7.13. The number of aryl methyl sites for hydroxylation is 2. The van der Waals surface area contributed by atoms with Crippen molar-refractivity contribution in [2.45, 2.75) is 65.0 Å². The van der Waals surface area contributed by atoms with Gasteiger partial charge >= 0.3 is 0 Å². The zero-order valence-corrected chi connectivity index (χ0v) is 18.1. The van der Waals surface area contributed by atoms with E-state index in [1.54, 1.807) is 0 Å². The maximum Gasteiger partial charge on any atom is 0.191 e. The summed E-state index contributed by atoms with van der Waals surface area (Å²) in [7, 11) is 1.83. The van der Waals surface area contributed by atoms with Gasteiger partial charge in [-0.1, -0.05) is 11.6 Å². The minimum atomic E-state index is 0. The maximum absolute atomic E-state index is 5.92. The summed E-state index contributed by atoms with van der Waals surface area (Å²) < 4.78 is 11.1. The van der Waals surface area contributed by atoms with Crippen molar-refractivity contribution in [3.8, 4) is 0 Å². The molecule has 2 saturated carbocycles. The van der Waals surface area contributed by atoms with E-state index in [1.165, 1.54) is 24.8 Å². The first kappa shape index (κ1) is 20.5. The average molecular weight is 462 g/mol. The summed E-state index contributed by atoms with van der Waals surface area (Å²) in [6.07, 6.45) is 6.25. The Labute approximate surface area is 167 Å². The molecule has 0 saturated heterocycles. The van der Waals surface area contributed by atoms with Crippen LogP contribution in [0.5, 0.6) is 0 Å². The molecule has 6 nitrogen and oxygen atoms in total. The molecule has 2 aliphatic rings. The first-order valence-corrected chi connectivity index (χ1v) is 9.11. The van der Waals surface area contributed by atoms with Gasteiger partial charge < -0.3 is 19.9 Å². The summed E-state index contributed by atoms with van der Waals surface area (Å²) in [5, 5.41) is 11.0. The molecule has 2 N–H and O–H groups in total. The summed E-state index contributed by atoms with van der Waals surface area (Å²) in [5.41, 5.74) is 2.51. The Hall–Kier alpha value is -0.830. The smallest absolute Gasteiger partial charge is 0.191 e. The quantitative estimate of drug-likeness (QED) is 0.387. The molecule has 0 radical (unpaired) electrons. The second-order valence-electron chi connectivity index (χ2n) is 7.02. The fourth-order valence-electron chi connectivity index (χ4n) is 4.17. The molecule has 1 aromatic heterocycles. The fraction of sp³-hybridized carbons (Fsp3) is 0.778. The zero-order chi connectivity index (χ0) is 17.2. The SMILES string of the molecule is CCOC1CC(NC(=NC)NCCc2c(C)noc2C)C12CCC2.I. The van der Waals surface area contributed by atoms with Gasteiger partial charge in [-0.25, -0.2) is 0 Å². The summed E-state index contributed by atoms with van der Waals surface area (Å²) in [4.78, 5) is 4.38. The van der Waals surface area contributed by atoms with Crippen molar-refractivity contribution in [1.82, 2.24) is 15.8 Å². The Bertz CT molecular complexity index is 578. The van der Waals surface area contributed by atoms with Gasteiger partial charge in [0.05, 0.1) is 11.8 Å². The molecule has 0 amide bonds. The van der Waals surface area contributed by atoms with Crippen molar-refractivity contribution in [3.05, 3.63) is 17.0 Å². The van der Waals surface area contributed by atoms with E-state index in [0.29, 0.717) is 17.6 Å². The normalized spacial score (nSPS) is 24.2. The Balaban J connectivity index is 0.00000225. The predicted molar refractivity (Wildman–Crippen MR) is 110 cm³/mol. The molecule has 0 bridgehead atoms.